The van der Waals surface area contributed by atoms with Crippen molar-refractivity contribution in [3.05, 3.63) is 11.6 Å². The Bertz CT molecular complexity index is 429. The number of aryl methyl sites for hydroxylation is 1. The molecule has 4 nitrogen and oxygen atoms in total. The maximum atomic E-state index is 13.0. The summed E-state index contributed by atoms with van der Waals surface area (Å²) in [6, 6.07) is 0.366. The normalized spacial score (nSPS) is 25.1. The Morgan fingerprint density at radius 2 is 1.89 bits per heavy atom. The van der Waals surface area contributed by atoms with Crippen LogP contribution in [0.5, 0.6) is 0 Å². The van der Waals surface area contributed by atoms with Gasteiger partial charge >= 0.3 is 0 Å². The Morgan fingerprint density at radius 3 is 2.50 bits per heavy atom. The molecule has 1 aromatic heterocycles. The van der Waals surface area contributed by atoms with Gasteiger partial charge in [0, 0.05) is 24.8 Å². The first kappa shape index (κ1) is 12.0. The van der Waals surface area contributed by atoms with Gasteiger partial charge in [0.15, 0.2) is 0 Å². The highest BCUT2D eigenvalue weighted by molar-refractivity contribution is 5.11. The van der Waals surface area contributed by atoms with Gasteiger partial charge in [-0.05, 0) is 32.9 Å². The average molecular weight is 256 g/mol. The largest absolute Gasteiger partial charge is 0.317 e. The second kappa shape index (κ2) is 4.26. The molecule has 0 unspecified atom stereocenters. The highest BCUT2D eigenvalue weighted by Crippen LogP contribution is 2.48. The van der Waals surface area contributed by atoms with Crippen molar-refractivity contribution in [3.8, 4) is 0 Å². The van der Waals surface area contributed by atoms with Crippen LogP contribution in [0, 0.1) is 6.92 Å². The molecule has 100 valence electrons. The maximum Gasteiger partial charge on any atom is 0.249 e. The molecule has 0 spiro atoms. The molecule has 2 aliphatic rings. The minimum atomic E-state index is -2.50. The lowest BCUT2D eigenvalue weighted by Gasteiger charge is -2.36. The molecule has 0 bridgehead atoms. The fraction of sp³-hybridized carbons (Fsp3) is 0.833. The summed E-state index contributed by atoms with van der Waals surface area (Å²) in [7, 11) is 0. The van der Waals surface area contributed by atoms with Crippen molar-refractivity contribution < 1.29 is 8.78 Å². The summed E-state index contributed by atoms with van der Waals surface area (Å²) in [6.45, 7) is 3.86. The fourth-order valence-electron chi connectivity index (χ4n) is 3.02. The zero-order chi connectivity index (χ0) is 12.8. The number of rotatable bonds is 2. The smallest absolute Gasteiger partial charge is 0.249 e. The third-order valence-corrected chi connectivity index (χ3v) is 4.02. The molecule has 1 aliphatic carbocycles. The molecule has 1 saturated carbocycles. The third kappa shape index (κ3) is 2.02. The van der Waals surface area contributed by atoms with E-state index < -0.39 is 5.92 Å². The Balaban J connectivity index is 1.83. The summed E-state index contributed by atoms with van der Waals surface area (Å²) in [4.78, 5) is 0. The molecule has 0 atom stereocenters. The number of hydrogen-bond donors (Lipinski definition) is 1. The lowest BCUT2D eigenvalue weighted by molar-refractivity contribution is -0.0894. The fourth-order valence-corrected chi connectivity index (χ4v) is 3.02. The Hall–Kier alpha value is -1.04. The standard InChI is InChI=1S/C12H18F2N4/c1-8-16-17-11(9-6-12(13,14)7-9)18(8)10-2-4-15-5-3-10/h9-10,15H,2-7H2,1H3. The van der Waals surface area contributed by atoms with Crippen molar-refractivity contribution >= 4 is 0 Å². The molecule has 18 heavy (non-hydrogen) atoms. The van der Waals surface area contributed by atoms with E-state index in [0.29, 0.717) is 6.04 Å². The summed E-state index contributed by atoms with van der Waals surface area (Å²) in [6.07, 6.45) is 1.90. The van der Waals surface area contributed by atoms with Crippen LogP contribution in [0.15, 0.2) is 0 Å². The average Bonchev–Trinajstić information content (AvgIpc) is 2.69. The topological polar surface area (TPSA) is 42.7 Å². The summed E-state index contributed by atoms with van der Waals surface area (Å²) in [5.74, 6) is -0.989. The summed E-state index contributed by atoms with van der Waals surface area (Å²) >= 11 is 0. The number of piperidine rings is 1. The second-order valence-corrected chi connectivity index (χ2v) is 5.42. The maximum absolute atomic E-state index is 13.0. The van der Waals surface area contributed by atoms with E-state index >= 15 is 0 Å². The quantitative estimate of drug-likeness (QED) is 0.880. The van der Waals surface area contributed by atoms with Crippen LogP contribution in [0.1, 0.15) is 49.3 Å². The van der Waals surface area contributed by atoms with E-state index in [1.54, 1.807) is 0 Å². The molecule has 1 saturated heterocycles. The van der Waals surface area contributed by atoms with Gasteiger partial charge in [-0.2, -0.15) is 0 Å². The van der Waals surface area contributed by atoms with Crippen LogP contribution < -0.4 is 5.32 Å². The molecule has 1 N–H and O–H groups in total. The second-order valence-electron chi connectivity index (χ2n) is 5.42. The van der Waals surface area contributed by atoms with Gasteiger partial charge in [-0.25, -0.2) is 8.78 Å². The number of nitrogens with zero attached hydrogens (tertiary/aromatic N) is 3. The van der Waals surface area contributed by atoms with Crippen molar-refractivity contribution in [2.75, 3.05) is 13.1 Å². The van der Waals surface area contributed by atoms with Crippen LogP contribution in [0.3, 0.4) is 0 Å². The molecule has 1 aromatic rings. The SMILES string of the molecule is Cc1nnc(C2CC(F)(F)C2)n1C1CCNCC1. The first-order valence-electron chi connectivity index (χ1n) is 6.57. The van der Waals surface area contributed by atoms with Crippen molar-refractivity contribution in [3.63, 3.8) is 0 Å². The van der Waals surface area contributed by atoms with E-state index in [2.05, 4.69) is 20.1 Å². The molecular weight excluding hydrogens is 238 g/mol. The van der Waals surface area contributed by atoms with Gasteiger partial charge in [0.25, 0.3) is 0 Å². The van der Waals surface area contributed by atoms with E-state index in [9.17, 15) is 8.78 Å². The van der Waals surface area contributed by atoms with E-state index in [0.717, 1.165) is 37.6 Å². The van der Waals surface area contributed by atoms with Gasteiger partial charge in [0.2, 0.25) is 5.92 Å². The van der Waals surface area contributed by atoms with Gasteiger partial charge in [0.05, 0.1) is 0 Å². The van der Waals surface area contributed by atoms with Gasteiger partial charge in [-0.15, -0.1) is 10.2 Å². The van der Waals surface area contributed by atoms with Crippen LogP contribution in [-0.4, -0.2) is 33.8 Å². The molecule has 2 heterocycles. The number of nitrogens with one attached hydrogen (secondary N) is 1. The summed E-state index contributed by atoms with van der Waals surface area (Å²) in [5.41, 5.74) is 0. The van der Waals surface area contributed by atoms with Gasteiger partial charge in [0.1, 0.15) is 11.6 Å². The number of hydrogen-bond acceptors (Lipinski definition) is 3. The van der Waals surface area contributed by atoms with Crippen molar-refractivity contribution in [2.24, 2.45) is 0 Å². The molecule has 0 amide bonds. The van der Waals surface area contributed by atoms with Crippen LogP contribution in [-0.2, 0) is 0 Å². The Morgan fingerprint density at radius 1 is 1.22 bits per heavy atom. The van der Waals surface area contributed by atoms with Crippen molar-refractivity contribution in [1.82, 2.24) is 20.1 Å². The first-order chi connectivity index (χ1) is 8.57. The molecule has 0 radical (unpaired) electrons. The number of aromatic nitrogens is 3. The van der Waals surface area contributed by atoms with Gasteiger partial charge < -0.3 is 9.88 Å². The highest BCUT2D eigenvalue weighted by atomic mass is 19.3. The van der Waals surface area contributed by atoms with Crippen molar-refractivity contribution in [1.29, 1.82) is 0 Å². The van der Waals surface area contributed by atoms with Crippen LogP contribution in [0.2, 0.25) is 0 Å². The third-order valence-electron chi connectivity index (χ3n) is 4.02. The van der Waals surface area contributed by atoms with Crippen LogP contribution >= 0.6 is 0 Å². The minimum Gasteiger partial charge on any atom is -0.317 e. The van der Waals surface area contributed by atoms with E-state index in [1.807, 2.05) is 6.92 Å². The molecule has 1 aliphatic heterocycles. The highest BCUT2D eigenvalue weighted by Gasteiger charge is 2.48. The summed E-state index contributed by atoms with van der Waals surface area (Å²) < 4.78 is 28.1. The molecular formula is C12H18F2N4. The Labute approximate surface area is 105 Å². The van der Waals surface area contributed by atoms with Gasteiger partial charge in [-0.3, -0.25) is 0 Å². The van der Waals surface area contributed by atoms with Crippen LogP contribution in [0.4, 0.5) is 8.78 Å². The first-order valence-corrected chi connectivity index (χ1v) is 6.57. The van der Waals surface area contributed by atoms with E-state index in [-0.39, 0.29) is 18.8 Å². The molecule has 2 fully saturated rings. The predicted octanol–water partition coefficient (Wildman–Crippen LogP) is 2.02. The van der Waals surface area contributed by atoms with E-state index in [1.165, 1.54) is 0 Å². The zero-order valence-electron chi connectivity index (χ0n) is 10.5. The van der Waals surface area contributed by atoms with Crippen molar-refractivity contribution in [2.45, 2.75) is 50.5 Å². The predicted molar refractivity (Wildman–Crippen MR) is 62.8 cm³/mol. The summed E-state index contributed by atoms with van der Waals surface area (Å²) in [5, 5.41) is 11.5. The molecule has 3 rings (SSSR count). The number of halogens is 2. The number of alkyl halides is 2. The Kier molecular flexibility index (Phi) is 2.84. The lowest BCUT2D eigenvalue weighted by atomic mass is 9.80. The lowest BCUT2D eigenvalue weighted by Crippen LogP contribution is -2.37. The zero-order valence-corrected chi connectivity index (χ0v) is 10.5. The van der Waals surface area contributed by atoms with Gasteiger partial charge in [-0.1, -0.05) is 0 Å². The molecule has 6 heteroatoms. The van der Waals surface area contributed by atoms with E-state index in [4.69, 9.17) is 0 Å². The minimum absolute atomic E-state index is 0.0733. The monoisotopic (exact) mass is 256 g/mol. The van der Waals surface area contributed by atoms with Crippen LogP contribution in [0.25, 0.3) is 0 Å². The molecule has 0 aromatic carbocycles.